The molecule has 0 N–H and O–H groups in total. The quantitative estimate of drug-likeness (QED) is 0.517. The summed E-state index contributed by atoms with van der Waals surface area (Å²) in [4.78, 5) is 0. The molecule has 1 aliphatic carbocycles. The number of hydrogen-bond acceptors (Lipinski definition) is 1. The molecule has 0 bridgehead atoms. The SMILES string of the molecule is C=C(OI)C1CCC(C)C1(C)C.CC. The van der Waals surface area contributed by atoms with Gasteiger partial charge in [-0.2, -0.15) is 0 Å². The Morgan fingerprint density at radius 1 is 1.36 bits per heavy atom. The first-order chi connectivity index (χ1) is 6.50. The third-order valence-electron chi connectivity index (χ3n) is 3.54. The molecule has 0 aromatic heterocycles. The molecular weight excluding hydrogens is 287 g/mol. The molecule has 0 spiro atoms. The minimum Gasteiger partial charge on any atom is -0.433 e. The van der Waals surface area contributed by atoms with Crippen molar-refractivity contribution in [3.8, 4) is 0 Å². The maximum absolute atomic E-state index is 5.19. The molecule has 0 radical (unpaired) electrons. The van der Waals surface area contributed by atoms with E-state index in [-0.39, 0.29) is 0 Å². The van der Waals surface area contributed by atoms with Crippen LogP contribution in [-0.2, 0) is 3.07 Å². The molecule has 1 fully saturated rings. The molecule has 2 heteroatoms. The average Bonchev–Trinajstić information content (AvgIpc) is 2.44. The van der Waals surface area contributed by atoms with Crippen LogP contribution in [0.2, 0.25) is 0 Å². The van der Waals surface area contributed by atoms with Gasteiger partial charge >= 0.3 is 0 Å². The van der Waals surface area contributed by atoms with Crippen LogP contribution in [0.3, 0.4) is 0 Å². The Labute approximate surface area is 103 Å². The van der Waals surface area contributed by atoms with Crippen LogP contribution in [0.25, 0.3) is 0 Å². The van der Waals surface area contributed by atoms with Gasteiger partial charge in [0.05, 0.1) is 0 Å². The third kappa shape index (κ3) is 2.88. The molecule has 0 aliphatic heterocycles. The van der Waals surface area contributed by atoms with Crippen molar-refractivity contribution in [3.05, 3.63) is 12.3 Å². The first-order valence-corrected chi connectivity index (χ1v) is 6.35. The Hall–Kier alpha value is 0.270. The summed E-state index contributed by atoms with van der Waals surface area (Å²) >= 11 is 1.93. The van der Waals surface area contributed by atoms with E-state index in [1.54, 1.807) is 0 Å². The van der Waals surface area contributed by atoms with E-state index in [9.17, 15) is 0 Å². The van der Waals surface area contributed by atoms with Gasteiger partial charge in [0.2, 0.25) is 0 Å². The van der Waals surface area contributed by atoms with Gasteiger partial charge in [-0.1, -0.05) is 41.2 Å². The zero-order valence-electron chi connectivity index (χ0n) is 10.1. The fourth-order valence-corrected chi connectivity index (χ4v) is 2.44. The topological polar surface area (TPSA) is 9.23 Å². The minimum absolute atomic E-state index is 0.363. The molecule has 0 aromatic rings. The summed E-state index contributed by atoms with van der Waals surface area (Å²) in [6, 6.07) is 0. The molecule has 1 nitrogen and oxygen atoms in total. The average molecular weight is 310 g/mol. The summed E-state index contributed by atoms with van der Waals surface area (Å²) in [6.45, 7) is 14.9. The molecule has 84 valence electrons. The summed E-state index contributed by atoms with van der Waals surface area (Å²) in [7, 11) is 0. The molecule has 2 atom stereocenters. The standard InChI is InChI=1S/C10H17IO.C2H6/c1-7-5-6-9(8(2)12-11)10(7,3)4;1-2/h7,9H,2,5-6H2,1,3-4H3;1-2H3. The monoisotopic (exact) mass is 310 g/mol. The van der Waals surface area contributed by atoms with Crippen LogP contribution in [0.5, 0.6) is 0 Å². The summed E-state index contributed by atoms with van der Waals surface area (Å²) < 4.78 is 5.19. The molecule has 1 saturated carbocycles. The second kappa shape index (κ2) is 5.99. The number of hydrogen-bond donors (Lipinski definition) is 0. The van der Waals surface area contributed by atoms with Crippen LogP contribution >= 0.6 is 23.0 Å². The van der Waals surface area contributed by atoms with Crippen LogP contribution in [0.4, 0.5) is 0 Å². The van der Waals surface area contributed by atoms with Gasteiger partial charge in [-0.15, -0.1) is 0 Å². The van der Waals surface area contributed by atoms with Gasteiger partial charge < -0.3 is 3.07 Å². The maximum atomic E-state index is 5.19. The molecule has 1 rings (SSSR count). The first kappa shape index (κ1) is 14.3. The van der Waals surface area contributed by atoms with Gasteiger partial charge in [-0.25, -0.2) is 0 Å². The van der Waals surface area contributed by atoms with Gasteiger partial charge in [-0.3, -0.25) is 0 Å². The predicted molar refractivity (Wildman–Crippen MR) is 71.3 cm³/mol. The highest BCUT2D eigenvalue weighted by atomic mass is 127. The lowest BCUT2D eigenvalue weighted by Crippen LogP contribution is -2.24. The fourth-order valence-electron chi connectivity index (χ4n) is 2.13. The van der Waals surface area contributed by atoms with Gasteiger partial charge in [0, 0.05) is 5.92 Å². The smallest absolute Gasteiger partial charge is 0.192 e. The molecule has 14 heavy (non-hydrogen) atoms. The zero-order valence-corrected chi connectivity index (χ0v) is 12.2. The highest BCUT2D eigenvalue weighted by Crippen LogP contribution is 2.50. The van der Waals surface area contributed by atoms with Crippen molar-refractivity contribution >= 4 is 23.0 Å². The Kier molecular flexibility index (Phi) is 6.10. The summed E-state index contributed by atoms with van der Waals surface area (Å²) in [5, 5.41) is 0. The highest BCUT2D eigenvalue weighted by molar-refractivity contribution is 14.1. The highest BCUT2D eigenvalue weighted by Gasteiger charge is 2.42. The predicted octanol–water partition coefficient (Wildman–Crippen LogP) is 4.97. The summed E-state index contributed by atoms with van der Waals surface area (Å²) in [5.74, 6) is 2.28. The van der Waals surface area contributed by atoms with Crippen LogP contribution < -0.4 is 0 Å². The largest absolute Gasteiger partial charge is 0.433 e. The van der Waals surface area contributed by atoms with Crippen molar-refractivity contribution in [2.45, 2.75) is 47.5 Å². The lowest BCUT2D eigenvalue weighted by molar-refractivity contribution is 0.197. The van der Waals surface area contributed by atoms with Crippen molar-refractivity contribution in [2.24, 2.45) is 17.3 Å². The lowest BCUT2D eigenvalue weighted by atomic mass is 9.76. The number of rotatable bonds is 2. The zero-order chi connectivity index (χ0) is 11.4. The number of allylic oxidation sites excluding steroid dienone is 1. The molecule has 1 aliphatic rings. The Morgan fingerprint density at radius 3 is 2.14 bits per heavy atom. The van der Waals surface area contributed by atoms with E-state index < -0.39 is 0 Å². The van der Waals surface area contributed by atoms with Crippen molar-refractivity contribution < 1.29 is 3.07 Å². The van der Waals surface area contributed by atoms with Gasteiger partial charge in [0.15, 0.2) is 23.0 Å². The Bertz CT molecular complexity index is 187. The van der Waals surface area contributed by atoms with Gasteiger partial charge in [0.25, 0.3) is 0 Å². The molecule has 0 saturated heterocycles. The Balaban J connectivity index is 0.000000791. The lowest BCUT2D eigenvalue weighted by Gasteiger charge is -2.31. The molecule has 0 heterocycles. The Morgan fingerprint density at radius 2 is 1.86 bits per heavy atom. The van der Waals surface area contributed by atoms with Crippen LogP contribution in [0, 0.1) is 17.3 Å². The maximum Gasteiger partial charge on any atom is 0.192 e. The van der Waals surface area contributed by atoms with Crippen molar-refractivity contribution in [1.29, 1.82) is 0 Å². The van der Waals surface area contributed by atoms with E-state index in [2.05, 4.69) is 27.4 Å². The molecule has 0 aromatic carbocycles. The van der Waals surface area contributed by atoms with E-state index in [0.717, 1.165) is 11.7 Å². The van der Waals surface area contributed by atoms with Crippen LogP contribution in [-0.4, -0.2) is 0 Å². The normalized spacial score (nSPS) is 29.0. The summed E-state index contributed by atoms with van der Waals surface area (Å²) in [6.07, 6.45) is 2.53. The second-order valence-corrected chi connectivity index (χ2v) is 4.84. The van der Waals surface area contributed by atoms with E-state index >= 15 is 0 Å². The van der Waals surface area contributed by atoms with Crippen molar-refractivity contribution in [2.75, 3.05) is 0 Å². The van der Waals surface area contributed by atoms with Crippen LogP contribution in [0.15, 0.2) is 12.3 Å². The van der Waals surface area contributed by atoms with E-state index in [0.29, 0.717) is 11.3 Å². The van der Waals surface area contributed by atoms with Crippen molar-refractivity contribution in [3.63, 3.8) is 0 Å². The van der Waals surface area contributed by atoms with Gasteiger partial charge in [-0.05, 0) is 24.2 Å². The van der Waals surface area contributed by atoms with Crippen LogP contribution in [0.1, 0.15) is 47.5 Å². The fraction of sp³-hybridized carbons (Fsp3) is 0.833. The first-order valence-electron chi connectivity index (χ1n) is 5.47. The van der Waals surface area contributed by atoms with Crippen molar-refractivity contribution in [1.82, 2.24) is 0 Å². The van der Waals surface area contributed by atoms with E-state index in [1.807, 2.05) is 36.9 Å². The van der Waals surface area contributed by atoms with E-state index in [1.165, 1.54) is 12.8 Å². The third-order valence-corrected chi connectivity index (χ3v) is 4.11. The van der Waals surface area contributed by atoms with Gasteiger partial charge in [0.1, 0.15) is 5.76 Å². The molecular formula is C12H23IO. The second-order valence-electron chi connectivity index (χ2n) is 4.40. The number of halogens is 1. The minimum atomic E-state index is 0.363. The molecule has 2 unspecified atom stereocenters. The van der Waals surface area contributed by atoms with E-state index in [4.69, 9.17) is 3.07 Å². The summed E-state index contributed by atoms with van der Waals surface area (Å²) in [5.41, 5.74) is 0.363. The molecule has 0 amide bonds.